The van der Waals surface area contributed by atoms with Gasteiger partial charge in [0.25, 0.3) is 0 Å². The minimum Gasteiger partial charge on any atom is -0.379 e. The molecule has 19 heavy (non-hydrogen) atoms. The van der Waals surface area contributed by atoms with Crippen LogP contribution >= 0.6 is 0 Å². The van der Waals surface area contributed by atoms with Crippen LogP contribution in [0.5, 0.6) is 0 Å². The quantitative estimate of drug-likeness (QED) is 0.829. The fraction of sp³-hybridized carbons (Fsp3) is 1.00. The Morgan fingerprint density at radius 2 is 1.84 bits per heavy atom. The van der Waals surface area contributed by atoms with Crippen LogP contribution in [0.1, 0.15) is 46.5 Å². The maximum Gasteiger partial charge on any atom is 0.0594 e. The average molecular weight is 268 g/mol. The van der Waals surface area contributed by atoms with Gasteiger partial charge in [0.1, 0.15) is 0 Å². The molecule has 0 aromatic carbocycles. The van der Waals surface area contributed by atoms with Crippen molar-refractivity contribution in [2.24, 2.45) is 11.3 Å². The first-order chi connectivity index (χ1) is 9.10. The number of hydrogen-bond acceptors (Lipinski definition) is 3. The lowest BCUT2D eigenvalue weighted by Crippen LogP contribution is -2.50. The average Bonchev–Trinajstić information content (AvgIpc) is 2.41. The van der Waals surface area contributed by atoms with Crippen LogP contribution in [-0.2, 0) is 4.74 Å². The maximum atomic E-state index is 5.48. The van der Waals surface area contributed by atoms with Crippen molar-refractivity contribution in [3.63, 3.8) is 0 Å². The van der Waals surface area contributed by atoms with E-state index in [1.54, 1.807) is 0 Å². The number of nitrogens with zero attached hydrogens (tertiary/aromatic N) is 1. The van der Waals surface area contributed by atoms with Crippen molar-refractivity contribution < 1.29 is 4.74 Å². The van der Waals surface area contributed by atoms with Crippen LogP contribution in [0.25, 0.3) is 0 Å². The van der Waals surface area contributed by atoms with Gasteiger partial charge in [0.2, 0.25) is 0 Å². The van der Waals surface area contributed by atoms with Crippen LogP contribution in [0.3, 0.4) is 0 Å². The first-order valence-electron chi connectivity index (χ1n) is 8.13. The van der Waals surface area contributed by atoms with Gasteiger partial charge in [-0.3, -0.25) is 4.90 Å². The van der Waals surface area contributed by atoms with Gasteiger partial charge in [0.15, 0.2) is 0 Å². The molecule has 3 nitrogen and oxygen atoms in total. The minimum atomic E-state index is 0.508. The van der Waals surface area contributed by atoms with Crippen LogP contribution in [0.2, 0.25) is 0 Å². The monoisotopic (exact) mass is 268 g/mol. The van der Waals surface area contributed by atoms with Crippen molar-refractivity contribution in [2.75, 3.05) is 39.4 Å². The van der Waals surface area contributed by atoms with E-state index in [-0.39, 0.29) is 0 Å². The van der Waals surface area contributed by atoms with Crippen molar-refractivity contribution in [1.82, 2.24) is 10.2 Å². The maximum absolute atomic E-state index is 5.48. The van der Waals surface area contributed by atoms with Gasteiger partial charge in [0.05, 0.1) is 13.2 Å². The molecule has 0 aromatic rings. The van der Waals surface area contributed by atoms with Gasteiger partial charge >= 0.3 is 0 Å². The van der Waals surface area contributed by atoms with Crippen LogP contribution in [0.15, 0.2) is 0 Å². The van der Waals surface area contributed by atoms with Crippen LogP contribution < -0.4 is 5.32 Å². The van der Waals surface area contributed by atoms with Crippen molar-refractivity contribution in [3.05, 3.63) is 0 Å². The minimum absolute atomic E-state index is 0.508. The third-order valence-electron chi connectivity index (χ3n) is 4.88. The second kappa shape index (κ2) is 7.05. The summed E-state index contributed by atoms with van der Waals surface area (Å²) in [5, 5.41) is 3.70. The van der Waals surface area contributed by atoms with E-state index in [0.717, 1.165) is 32.2 Å². The van der Waals surface area contributed by atoms with Crippen molar-refractivity contribution in [2.45, 2.75) is 52.5 Å². The summed E-state index contributed by atoms with van der Waals surface area (Å²) in [6.07, 6.45) is 5.60. The van der Waals surface area contributed by atoms with Crippen molar-refractivity contribution >= 4 is 0 Å². The third kappa shape index (κ3) is 4.73. The molecular formula is C16H32N2O. The summed E-state index contributed by atoms with van der Waals surface area (Å²) in [4.78, 5) is 2.63. The van der Waals surface area contributed by atoms with E-state index in [1.807, 2.05) is 0 Å². The molecule has 1 aliphatic heterocycles. The molecule has 0 aromatic heterocycles. The molecule has 0 atom stereocenters. The summed E-state index contributed by atoms with van der Waals surface area (Å²) in [7, 11) is 0. The summed E-state index contributed by atoms with van der Waals surface area (Å²) in [5.74, 6) is 0.928. The molecule has 0 bridgehead atoms. The van der Waals surface area contributed by atoms with Gasteiger partial charge in [-0.25, -0.2) is 0 Å². The zero-order valence-corrected chi connectivity index (χ0v) is 13.1. The molecular weight excluding hydrogens is 236 g/mol. The molecule has 1 saturated carbocycles. The topological polar surface area (TPSA) is 24.5 Å². The summed E-state index contributed by atoms with van der Waals surface area (Å²) < 4.78 is 5.48. The Morgan fingerprint density at radius 1 is 1.21 bits per heavy atom. The number of hydrogen-bond donors (Lipinski definition) is 1. The lowest BCUT2D eigenvalue weighted by Gasteiger charge is -2.44. The standard InChI is InChI=1S/C16H32N2O/c1-14(2)17-12-16(6-4-15(3)5-7-16)13-18-8-10-19-11-9-18/h14-15,17H,4-13H2,1-3H3. The third-order valence-corrected chi connectivity index (χ3v) is 4.88. The van der Waals surface area contributed by atoms with Crippen molar-refractivity contribution in [1.29, 1.82) is 0 Å². The second-order valence-corrected chi connectivity index (χ2v) is 7.11. The zero-order chi connectivity index (χ0) is 13.7. The molecule has 0 radical (unpaired) electrons. The smallest absolute Gasteiger partial charge is 0.0594 e. The largest absolute Gasteiger partial charge is 0.379 e. The zero-order valence-electron chi connectivity index (χ0n) is 13.1. The Morgan fingerprint density at radius 3 is 2.42 bits per heavy atom. The Bertz CT molecular complexity index is 253. The molecule has 1 aliphatic carbocycles. The summed E-state index contributed by atoms with van der Waals surface area (Å²) in [6, 6.07) is 0.598. The molecule has 112 valence electrons. The molecule has 2 rings (SSSR count). The highest BCUT2D eigenvalue weighted by Gasteiger charge is 2.35. The second-order valence-electron chi connectivity index (χ2n) is 7.11. The molecule has 1 heterocycles. The molecule has 3 heteroatoms. The van der Waals surface area contributed by atoms with Crippen LogP contribution in [0, 0.1) is 11.3 Å². The highest BCUT2D eigenvalue weighted by molar-refractivity contribution is 4.90. The number of rotatable bonds is 5. The molecule has 0 amide bonds. The van der Waals surface area contributed by atoms with E-state index in [1.165, 1.54) is 38.8 Å². The van der Waals surface area contributed by atoms with Gasteiger partial charge in [0, 0.05) is 32.2 Å². The fourth-order valence-corrected chi connectivity index (χ4v) is 3.42. The van der Waals surface area contributed by atoms with Crippen LogP contribution in [0.4, 0.5) is 0 Å². The van der Waals surface area contributed by atoms with Gasteiger partial charge in [-0.2, -0.15) is 0 Å². The number of ether oxygens (including phenoxy) is 1. The Labute approximate surface area is 119 Å². The summed E-state index contributed by atoms with van der Waals surface area (Å²) >= 11 is 0. The normalized spacial score (nSPS) is 33.8. The number of nitrogens with one attached hydrogen (secondary N) is 1. The summed E-state index contributed by atoms with van der Waals surface area (Å²) in [5.41, 5.74) is 0.508. The van der Waals surface area contributed by atoms with E-state index in [4.69, 9.17) is 4.74 Å². The van der Waals surface area contributed by atoms with E-state index in [2.05, 4.69) is 31.0 Å². The lowest BCUT2D eigenvalue weighted by molar-refractivity contribution is 0.00340. The predicted molar refractivity (Wildman–Crippen MR) is 80.5 cm³/mol. The van der Waals surface area contributed by atoms with Crippen molar-refractivity contribution in [3.8, 4) is 0 Å². The first kappa shape index (κ1) is 15.3. The lowest BCUT2D eigenvalue weighted by atomic mass is 9.70. The molecule has 2 aliphatic rings. The predicted octanol–water partition coefficient (Wildman–Crippen LogP) is 2.51. The highest BCUT2D eigenvalue weighted by atomic mass is 16.5. The van der Waals surface area contributed by atoms with Crippen LogP contribution in [-0.4, -0.2) is 50.3 Å². The Balaban J connectivity index is 1.92. The molecule has 0 spiro atoms. The highest BCUT2D eigenvalue weighted by Crippen LogP contribution is 2.39. The van der Waals surface area contributed by atoms with E-state index in [9.17, 15) is 0 Å². The van der Waals surface area contributed by atoms with E-state index >= 15 is 0 Å². The Hall–Kier alpha value is -0.120. The Kier molecular flexibility index (Phi) is 5.67. The van der Waals surface area contributed by atoms with Gasteiger partial charge < -0.3 is 10.1 Å². The molecule has 1 saturated heterocycles. The van der Waals surface area contributed by atoms with E-state index in [0.29, 0.717) is 11.5 Å². The first-order valence-corrected chi connectivity index (χ1v) is 8.13. The molecule has 2 fully saturated rings. The van der Waals surface area contributed by atoms with E-state index < -0.39 is 0 Å². The SMILES string of the molecule is CC1CCC(CNC(C)C)(CN2CCOCC2)CC1. The van der Waals surface area contributed by atoms with Gasteiger partial charge in [-0.1, -0.05) is 33.6 Å². The summed E-state index contributed by atoms with van der Waals surface area (Å²) in [6.45, 7) is 13.5. The van der Waals surface area contributed by atoms with Gasteiger partial charge in [-0.15, -0.1) is 0 Å². The fourth-order valence-electron chi connectivity index (χ4n) is 3.42. The molecule has 1 N–H and O–H groups in total. The van der Waals surface area contributed by atoms with Gasteiger partial charge in [-0.05, 0) is 24.2 Å². The number of morpholine rings is 1. The molecule has 0 unspecified atom stereocenters.